The molecular weight excluding hydrogens is 319 g/mol. The number of benzene rings is 1. The number of aryl methyl sites for hydroxylation is 1. The number of aliphatic hydroxyl groups is 1. The lowest BCUT2D eigenvalue weighted by molar-refractivity contribution is 0.0487. The molecule has 2 aromatic heterocycles. The maximum atomic E-state index is 13.4. The van der Waals surface area contributed by atoms with Gasteiger partial charge in [0.1, 0.15) is 5.82 Å². The SMILES string of the molecule is Cc1[nH]nc2ncc(CN3CCC(O)(Cc4cccc(F)c4)C3)cc12. The summed E-state index contributed by atoms with van der Waals surface area (Å²) < 4.78 is 13.4. The molecule has 1 saturated heterocycles. The van der Waals surface area contributed by atoms with Crippen molar-refractivity contribution >= 4 is 11.0 Å². The van der Waals surface area contributed by atoms with Crippen molar-refractivity contribution in [3.8, 4) is 0 Å². The standard InChI is InChI=1S/C19H21FN4O/c1-13-17-8-15(10-21-18(17)23-22-13)11-24-6-5-19(25,12-24)9-14-3-2-4-16(20)7-14/h2-4,7-8,10,25H,5-6,9,11-12H2,1H3,(H,21,22,23). The van der Waals surface area contributed by atoms with Crippen molar-refractivity contribution in [2.45, 2.75) is 31.9 Å². The minimum atomic E-state index is -0.809. The van der Waals surface area contributed by atoms with E-state index in [1.807, 2.05) is 19.2 Å². The predicted molar refractivity (Wildman–Crippen MR) is 93.6 cm³/mol. The molecule has 0 spiro atoms. The first-order valence-corrected chi connectivity index (χ1v) is 8.50. The van der Waals surface area contributed by atoms with Crippen molar-refractivity contribution in [2.75, 3.05) is 13.1 Å². The number of halogens is 1. The minimum absolute atomic E-state index is 0.259. The van der Waals surface area contributed by atoms with Crippen molar-refractivity contribution in [1.29, 1.82) is 0 Å². The smallest absolute Gasteiger partial charge is 0.181 e. The van der Waals surface area contributed by atoms with E-state index in [1.54, 1.807) is 6.07 Å². The van der Waals surface area contributed by atoms with Crippen molar-refractivity contribution in [3.05, 3.63) is 59.2 Å². The zero-order chi connectivity index (χ0) is 17.4. The quantitative estimate of drug-likeness (QED) is 0.766. The minimum Gasteiger partial charge on any atom is -0.388 e. The molecule has 130 valence electrons. The van der Waals surface area contributed by atoms with Crippen LogP contribution in [-0.2, 0) is 13.0 Å². The molecule has 25 heavy (non-hydrogen) atoms. The lowest BCUT2D eigenvalue weighted by Crippen LogP contribution is -2.35. The Bertz CT molecular complexity index is 909. The largest absolute Gasteiger partial charge is 0.388 e. The van der Waals surface area contributed by atoms with Crippen molar-refractivity contribution in [2.24, 2.45) is 0 Å². The number of nitrogens with one attached hydrogen (secondary N) is 1. The number of rotatable bonds is 4. The van der Waals surface area contributed by atoms with E-state index in [2.05, 4.69) is 26.1 Å². The Morgan fingerprint density at radius 1 is 1.32 bits per heavy atom. The summed E-state index contributed by atoms with van der Waals surface area (Å²) in [6.07, 6.45) is 3.00. The fourth-order valence-corrected chi connectivity index (χ4v) is 3.65. The van der Waals surface area contributed by atoms with Gasteiger partial charge >= 0.3 is 0 Å². The molecular formula is C19H21FN4O. The summed E-state index contributed by atoms with van der Waals surface area (Å²) in [5, 5.41) is 19.0. The molecule has 1 aromatic carbocycles. The summed E-state index contributed by atoms with van der Waals surface area (Å²) in [6.45, 7) is 4.10. The van der Waals surface area contributed by atoms with Crippen LogP contribution in [0, 0.1) is 12.7 Å². The van der Waals surface area contributed by atoms with Crippen molar-refractivity contribution in [1.82, 2.24) is 20.1 Å². The third-order valence-corrected chi connectivity index (χ3v) is 4.90. The van der Waals surface area contributed by atoms with Crippen LogP contribution in [0.2, 0.25) is 0 Å². The summed E-state index contributed by atoms with van der Waals surface area (Å²) in [7, 11) is 0. The summed E-state index contributed by atoms with van der Waals surface area (Å²) in [5.74, 6) is -0.259. The van der Waals surface area contributed by atoms with E-state index in [0.717, 1.165) is 40.9 Å². The first kappa shape index (κ1) is 16.2. The number of fused-ring (bicyclic) bond motifs is 1. The monoisotopic (exact) mass is 340 g/mol. The normalized spacial score (nSPS) is 21.2. The van der Waals surface area contributed by atoms with Crippen LogP contribution in [0.15, 0.2) is 36.5 Å². The highest BCUT2D eigenvalue weighted by molar-refractivity contribution is 5.77. The van der Waals surface area contributed by atoms with Gasteiger partial charge in [0.05, 0.1) is 5.60 Å². The van der Waals surface area contributed by atoms with E-state index in [0.29, 0.717) is 19.4 Å². The average molecular weight is 340 g/mol. The van der Waals surface area contributed by atoms with E-state index in [-0.39, 0.29) is 5.82 Å². The fraction of sp³-hybridized carbons (Fsp3) is 0.368. The molecule has 0 saturated carbocycles. The van der Waals surface area contributed by atoms with Gasteiger partial charge in [0.25, 0.3) is 0 Å². The van der Waals surface area contributed by atoms with Gasteiger partial charge in [0, 0.05) is 43.3 Å². The Kier molecular flexibility index (Phi) is 4.01. The topological polar surface area (TPSA) is 65.0 Å². The summed E-state index contributed by atoms with van der Waals surface area (Å²) in [5.41, 5.74) is 2.86. The fourth-order valence-electron chi connectivity index (χ4n) is 3.65. The number of hydrogen-bond acceptors (Lipinski definition) is 4. The van der Waals surface area contributed by atoms with Crippen LogP contribution in [0.5, 0.6) is 0 Å². The lowest BCUT2D eigenvalue weighted by Gasteiger charge is -2.23. The second kappa shape index (κ2) is 6.20. The number of H-pyrrole nitrogens is 1. The van der Waals surface area contributed by atoms with Crippen LogP contribution in [0.25, 0.3) is 11.0 Å². The van der Waals surface area contributed by atoms with Gasteiger partial charge in [0.2, 0.25) is 0 Å². The number of hydrogen-bond donors (Lipinski definition) is 2. The highest BCUT2D eigenvalue weighted by Crippen LogP contribution is 2.27. The summed E-state index contributed by atoms with van der Waals surface area (Å²) in [4.78, 5) is 6.60. The van der Waals surface area contributed by atoms with E-state index in [4.69, 9.17) is 0 Å². The molecule has 0 amide bonds. The van der Waals surface area contributed by atoms with Gasteiger partial charge < -0.3 is 5.11 Å². The second-order valence-corrected chi connectivity index (χ2v) is 7.06. The highest BCUT2D eigenvalue weighted by Gasteiger charge is 2.36. The number of likely N-dealkylation sites (tertiary alicyclic amines) is 1. The highest BCUT2D eigenvalue weighted by atomic mass is 19.1. The molecule has 4 rings (SSSR count). The first-order chi connectivity index (χ1) is 12.0. The van der Waals surface area contributed by atoms with Gasteiger partial charge in [-0.15, -0.1) is 0 Å². The van der Waals surface area contributed by atoms with Crippen molar-refractivity contribution < 1.29 is 9.50 Å². The van der Waals surface area contributed by atoms with Crippen LogP contribution in [0.3, 0.4) is 0 Å². The molecule has 0 radical (unpaired) electrons. The third kappa shape index (κ3) is 3.41. The van der Waals surface area contributed by atoms with Gasteiger partial charge in [-0.1, -0.05) is 12.1 Å². The van der Waals surface area contributed by atoms with E-state index in [1.165, 1.54) is 12.1 Å². The maximum Gasteiger partial charge on any atom is 0.181 e. The van der Waals surface area contributed by atoms with Crippen LogP contribution in [0.4, 0.5) is 4.39 Å². The van der Waals surface area contributed by atoms with Gasteiger partial charge in [-0.2, -0.15) is 5.10 Å². The molecule has 1 atom stereocenters. The first-order valence-electron chi connectivity index (χ1n) is 8.50. The van der Waals surface area contributed by atoms with Gasteiger partial charge in [-0.3, -0.25) is 10.00 Å². The molecule has 1 aliphatic heterocycles. The molecule has 5 nitrogen and oxygen atoms in total. The van der Waals surface area contributed by atoms with Crippen LogP contribution in [0.1, 0.15) is 23.2 Å². The predicted octanol–water partition coefficient (Wildman–Crippen LogP) is 2.58. The second-order valence-electron chi connectivity index (χ2n) is 7.06. The molecule has 1 fully saturated rings. The molecule has 0 bridgehead atoms. The van der Waals surface area contributed by atoms with E-state index < -0.39 is 5.60 Å². The Balaban J connectivity index is 1.45. The molecule has 6 heteroatoms. The van der Waals surface area contributed by atoms with Crippen LogP contribution < -0.4 is 0 Å². The molecule has 3 aromatic rings. The number of β-amino-alcohol motifs (C(OH)–C–C–N with tert-alkyl or cyclic N) is 1. The van der Waals surface area contributed by atoms with Crippen molar-refractivity contribution in [3.63, 3.8) is 0 Å². The van der Waals surface area contributed by atoms with Gasteiger partial charge in [-0.25, -0.2) is 9.37 Å². The van der Waals surface area contributed by atoms with Gasteiger partial charge in [0.15, 0.2) is 5.65 Å². The Hall–Kier alpha value is -2.31. The number of pyridine rings is 1. The zero-order valence-corrected chi connectivity index (χ0v) is 14.2. The van der Waals surface area contributed by atoms with Crippen LogP contribution >= 0.6 is 0 Å². The molecule has 0 aliphatic carbocycles. The Labute approximate surface area is 145 Å². The molecule has 3 heterocycles. The van der Waals surface area contributed by atoms with E-state index in [9.17, 15) is 9.50 Å². The lowest BCUT2D eigenvalue weighted by atomic mass is 9.94. The third-order valence-electron chi connectivity index (χ3n) is 4.90. The maximum absolute atomic E-state index is 13.4. The molecule has 1 aliphatic rings. The Morgan fingerprint density at radius 3 is 3.04 bits per heavy atom. The average Bonchev–Trinajstić information content (AvgIpc) is 3.11. The molecule has 1 unspecified atom stereocenters. The number of aromatic amines is 1. The van der Waals surface area contributed by atoms with Gasteiger partial charge in [-0.05, 0) is 42.7 Å². The Morgan fingerprint density at radius 2 is 2.20 bits per heavy atom. The number of nitrogens with zero attached hydrogens (tertiary/aromatic N) is 3. The van der Waals surface area contributed by atoms with Crippen LogP contribution in [-0.4, -0.2) is 43.9 Å². The summed E-state index contributed by atoms with van der Waals surface area (Å²) >= 11 is 0. The molecule has 2 N–H and O–H groups in total. The summed E-state index contributed by atoms with van der Waals surface area (Å²) in [6, 6.07) is 8.58. The zero-order valence-electron chi connectivity index (χ0n) is 14.2. The number of aromatic nitrogens is 3. The van der Waals surface area contributed by atoms with E-state index >= 15 is 0 Å².